The molecule has 0 aliphatic heterocycles. The Morgan fingerprint density at radius 3 is 2.33 bits per heavy atom. The number of rotatable bonds is 7. The van der Waals surface area contributed by atoms with Crippen LogP contribution in [0.3, 0.4) is 0 Å². The Hall–Kier alpha value is -2.16. The van der Waals surface area contributed by atoms with Gasteiger partial charge in [0, 0.05) is 18.7 Å². The van der Waals surface area contributed by atoms with Gasteiger partial charge in [0.1, 0.15) is 0 Å². The number of hydrogen-bond donors (Lipinski definition) is 1. The highest BCUT2D eigenvalue weighted by atomic mass is 16.1. The Balaban J connectivity index is 1.74. The molecule has 0 aliphatic carbocycles. The Morgan fingerprint density at radius 2 is 1.67 bits per heavy atom. The zero-order valence-corrected chi connectivity index (χ0v) is 12.6. The van der Waals surface area contributed by atoms with E-state index in [1.54, 1.807) is 0 Å². The lowest BCUT2D eigenvalue weighted by Crippen LogP contribution is -2.42. The van der Waals surface area contributed by atoms with E-state index in [9.17, 15) is 4.79 Å². The van der Waals surface area contributed by atoms with E-state index >= 15 is 0 Å². The van der Waals surface area contributed by atoms with Crippen molar-refractivity contribution < 1.29 is 9.36 Å². The minimum Gasteiger partial charge on any atom is -0.350 e. The molecular formula is C18H23N2O+. The van der Waals surface area contributed by atoms with E-state index in [1.165, 1.54) is 11.1 Å². The molecule has 2 aromatic rings. The Bertz CT molecular complexity index is 549. The Labute approximate surface area is 126 Å². The number of aryl methyl sites for hydroxylation is 1. The monoisotopic (exact) mass is 283 g/mol. The van der Waals surface area contributed by atoms with Crippen LogP contribution in [0.25, 0.3) is 0 Å². The second-order valence-corrected chi connectivity index (χ2v) is 5.21. The molecule has 0 saturated carbocycles. The summed E-state index contributed by atoms with van der Waals surface area (Å²) in [6, 6.07) is 14.4. The summed E-state index contributed by atoms with van der Waals surface area (Å²) < 4.78 is 1.91. The molecule has 1 aromatic carbocycles. The van der Waals surface area contributed by atoms with Gasteiger partial charge >= 0.3 is 0 Å². The summed E-state index contributed by atoms with van der Waals surface area (Å²) in [5.41, 5.74) is 2.56. The van der Waals surface area contributed by atoms with Crippen LogP contribution in [0.2, 0.25) is 0 Å². The maximum Gasteiger partial charge on any atom is 0.285 e. The topological polar surface area (TPSA) is 33.0 Å². The number of hydrogen-bond acceptors (Lipinski definition) is 1. The molecule has 1 aromatic heterocycles. The molecule has 110 valence electrons. The number of nitrogens with zero attached hydrogens (tertiary/aromatic N) is 1. The second kappa shape index (κ2) is 8.20. The van der Waals surface area contributed by atoms with Crippen LogP contribution < -0.4 is 9.88 Å². The highest BCUT2D eigenvalue weighted by Crippen LogP contribution is 1.99. The quantitative estimate of drug-likeness (QED) is 0.777. The molecule has 2 rings (SSSR count). The van der Waals surface area contributed by atoms with Crippen LogP contribution in [0.5, 0.6) is 0 Å². The van der Waals surface area contributed by atoms with Gasteiger partial charge in [-0.15, -0.1) is 0 Å². The molecular weight excluding hydrogens is 260 g/mol. The van der Waals surface area contributed by atoms with Gasteiger partial charge in [-0.25, -0.2) is 0 Å². The highest BCUT2D eigenvalue weighted by Gasteiger charge is 2.08. The first-order valence-electron chi connectivity index (χ1n) is 7.56. The maximum atomic E-state index is 11.9. The van der Waals surface area contributed by atoms with Crippen LogP contribution >= 0.6 is 0 Å². The normalized spacial score (nSPS) is 10.3. The molecule has 0 unspecified atom stereocenters. The van der Waals surface area contributed by atoms with Gasteiger partial charge in [-0.05, 0) is 24.0 Å². The van der Waals surface area contributed by atoms with E-state index in [1.807, 2.05) is 35.2 Å². The van der Waals surface area contributed by atoms with E-state index in [0.29, 0.717) is 13.1 Å². The van der Waals surface area contributed by atoms with Gasteiger partial charge in [0.25, 0.3) is 5.91 Å². The standard InChI is InChI=1S/C18H22N2O/c1-2-6-16-10-13-20(14-11-16)15-18(21)19-12-9-17-7-4-3-5-8-17/h3-5,7-8,10-11,13-14H,2,6,9,12,15H2,1H3/p+1. The lowest BCUT2D eigenvalue weighted by Gasteiger charge is -2.04. The van der Waals surface area contributed by atoms with Gasteiger partial charge < -0.3 is 5.32 Å². The molecule has 1 heterocycles. The molecule has 0 spiro atoms. The fourth-order valence-corrected chi connectivity index (χ4v) is 2.26. The molecule has 21 heavy (non-hydrogen) atoms. The Morgan fingerprint density at radius 1 is 1.00 bits per heavy atom. The van der Waals surface area contributed by atoms with Crippen molar-refractivity contribution in [2.45, 2.75) is 32.7 Å². The van der Waals surface area contributed by atoms with Gasteiger partial charge in [-0.2, -0.15) is 4.57 Å². The molecule has 3 heteroatoms. The molecule has 0 saturated heterocycles. The van der Waals surface area contributed by atoms with Crippen LogP contribution in [0.4, 0.5) is 0 Å². The van der Waals surface area contributed by atoms with Crippen molar-refractivity contribution in [3.05, 3.63) is 66.0 Å². The first-order chi connectivity index (χ1) is 10.3. The molecule has 1 amide bonds. The summed E-state index contributed by atoms with van der Waals surface area (Å²) in [4.78, 5) is 11.9. The van der Waals surface area contributed by atoms with Crippen LogP contribution in [0.15, 0.2) is 54.9 Å². The van der Waals surface area contributed by atoms with E-state index in [2.05, 4.69) is 36.5 Å². The number of amides is 1. The second-order valence-electron chi connectivity index (χ2n) is 5.21. The number of pyridine rings is 1. The molecule has 1 N–H and O–H groups in total. The fourth-order valence-electron chi connectivity index (χ4n) is 2.26. The molecule has 0 atom stereocenters. The lowest BCUT2D eigenvalue weighted by atomic mass is 10.1. The summed E-state index contributed by atoms with van der Waals surface area (Å²) in [6.45, 7) is 3.22. The maximum absolute atomic E-state index is 11.9. The number of nitrogens with one attached hydrogen (secondary N) is 1. The SMILES string of the molecule is CCCc1cc[n+](CC(=O)NCCc2ccccc2)cc1. The van der Waals surface area contributed by atoms with Crippen molar-refractivity contribution in [2.24, 2.45) is 0 Å². The van der Waals surface area contributed by atoms with Crippen molar-refractivity contribution in [1.82, 2.24) is 5.32 Å². The van der Waals surface area contributed by atoms with Crippen molar-refractivity contribution in [3.8, 4) is 0 Å². The molecule has 0 aliphatic rings. The van der Waals surface area contributed by atoms with Crippen LogP contribution in [-0.4, -0.2) is 12.5 Å². The smallest absolute Gasteiger partial charge is 0.285 e. The number of carbonyl (C=O) groups excluding carboxylic acids is 1. The highest BCUT2D eigenvalue weighted by molar-refractivity contribution is 5.74. The summed E-state index contributed by atoms with van der Waals surface area (Å²) >= 11 is 0. The predicted octanol–water partition coefficient (Wildman–Crippen LogP) is 2.29. The molecule has 3 nitrogen and oxygen atoms in total. The Kier molecular flexibility index (Phi) is 5.95. The lowest BCUT2D eigenvalue weighted by molar-refractivity contribution is -0.684. The summed E-state index contributed by atoms with van der Waals surface area (Å²) in [5.74, 6) is 0.0548. The summed E-state index contributed by atoms with van der Waals surface area (Å²) in [7, 11) is 0. The number of carbonyl (C=O) groups is 1. The first kappa shape index (κ1) is 15.2. The number of aromatic nitrogens is 1. The van der Waals surface area contributed by atoms with E-state index in [0.717, 1.165) is 19.3 Å². The molecule has 0 fully saturated rings. The third-order valence-corrected chi connectivity index (χ3v) is 3.40. The van der Waals surface area contributed by atoms with Gasteiger partial charge in [0.05, 0.1) is 0 Å². The third-order valence-electron chi connectivity index (χ3n) is 3.40. The molecule has 0 radical (unpaired) electrons. The minimum absolute atomic E-state index is 0.0548. The minimum atomic E-state index is 0.0548. The zero-order chi connectivity index (χ0) is 14.9. The van der Waals surface area contributed by atoms with E-state index < -0.39 is 0 Å². The van der Waals surface area contributed by atoms with Gasteiger partial charge in [0.2, 0.25) is 6.54 Å². The van der Waals surface area contributed by atoms with Crippen LogP contribution in [0.1, 0.15) is 24.5 Å². The predicted molar refractivity (Wildman–Crippen MR) is 83.8 cm³/mol. The average Bonchev–Trinajstić information content (AvgIpc) is 2.51. The van der Waals surface area contributed by atoms with Crippen molar-refractivity contribution in [2.75, 3.05) is 6.54 Å². The largest absolute Gasteiger partial charge is 0.350 e. The van der Waals surface area contributed by atoms with Crippen LogP contribution in [0, 0.1) is 0 Å². The number of benzene rings is 1. The van der Waals surface area contributed by atoms with Gasteiger partial charge in [0.15, 0.2) is 12.4 Å². The van der Waals surface area contributed by atoms with Crippen LogP contribution in [-0.2, 0) is 24.2 Å². The first-order valence-corrected chi connectivity index (χ1v) is 7.56. The summed E-state index contributed by atoms with van der Waals surface area (Å²) in [5, 5.41) is 2.96. The van der Waals surface area contributed by atoms with Gasteiger partial charge in [-0.3, -0.25) is 4.79 Å². The van der Waals surface area contributed by atoms with Crippen molar-refractivity contribution >= 4 is 5.91 Å². The fraction of sp³-hybridized carbons (Fsp3) is 0.333. The third kappa shape index (κ3) is 5.38. The van der Waals surface area contributed by atoms with Gasteiger partial charge in [-0.1, -0.05) is 43.7 Å². The van der Waals surface area contributed by atoms with Crippen molar-refractivity contribution in [1.29, 1.82) is 0 Å². The summed E-state index contributed by atoms with van der Waals surface area (Å²) in [6.07, 6.45) is 7.05. The van der Waals surface area contributed by atoms with E-state index in [-0.39, 0.29) is 5.91 Å². The molecule has 0 bridgehead atoms. The van der Waals surface area contributed by atoms with E-state index in [4.69, 9.17) is 0 Å². The average molecular weight is 283 g/mol. The zero-order valence-electron chi connectivity index (χ0n) is 12.6. The van der Waals surface area contributed by atoms with Crippen molar-refractivity contribution in [3.63, 3.8) is 0 Å².